The van der Waals surface area contributed by atoms with Crippen LogP contribution in [0.5, 0.6) is 0 Å². The van der Waals surface area contributed by atoms with E-state index in [0.717, 1.165) is 39.1 Å². The molecular formula is C14H17N3O2. The normalized spacial score (nSPS) is 15.7. The van der Waals surface area contributed by atoms with Crippen LogP contribution in [-0.2, 0) is 17.6 Å². The molecule has 3 rings (SSSR count). The molecule has 1 aliphatic rings. The molecular weight excluding hydrogens is 242 g/mol. The molecule has 0 aliphatic carbocycles. The van der Waals surface area contributed by atoms with Crippen molar-refractivity contribution in [1.82, 2.24) is 10.2 Å². The Hall–Kier alpha value is -1.88. The van der Waals surface area contributed by atoms with Gasteiger partial charge in [0, 0.05) is 19.5 Å². The Kier molecular flexibility index (Phi) is 3.74. The van der Waals surface area contributed by atoms with Gasteiger partial charge >= 0.3 is 6.01 Å². The lowest BCUT2D eigenvalue weighted by molar-refractivity contribution is 0.120. The summed E-state index contributed by atoms with van der Waals surface area (Å²) in [6, 6.07) is 10.9. The van der Waals surface area contributed by atoms with E-state index in [4.69, 9.17) is 9.15 Å². The van der Waals surface area contributed by atoms with E-state index in [9.17, 15) is 0 Å². The van der Waals surface area contributed by atoms with Crippen LogP contribution in [0, 0.1) is 0 Å². The molecule has 2 heterocycles. The summed E-state index contributed by atoms with van der Waals surface area (Å²) in [6.07, 6.45) is 1.70. The smallest absolute Gasteiger partial charge is 0.318 e. The van der Waals surface area contributed by atoms with Crippen molar-refractivity contribution in [2.24, 2.45) is 0 Å². The first-order valence-corrected chi connectivity index (χ1v) is 6.61. The van der Waals surface area contributed by atoms with Crippen molar-refractivity contribution in [3.8, 4) is 0 Å². The average Bonchev–Trinajstić information content (AvgIpc) is 2.96. The SMILES string of the molecule is c1ccc(CCc2nnc(N3CCOCC3)o2)cc1. The third-order valence-electron chi connectivity index (χ3n) is 3.21. The molecule has 0 N–H and O–H groups in total. The Morgan fingerprint density at radius 2 is 1.79 bits per heavy atom. The molecule has 0 saturated carbocycles. The van der Waals surface area contributed by atoms with Crippen LogP contribution < -0.4 is 4.90 Å². The van der Waals surface area contributed by atoms with Crippen molar-refractivity contribution in [3.63, 3.8) is 0 Å². The fourth-order valence-corrected chi connectivity index (χ4v) is 2.12. The Balaban J connectivity index is 1.58. The van der Waals surface area contributed by atoms with Gasteiger partial charge < -0.3 is 14.1 Å². The van der Waals surface area contributed by atoms with E-state index in [0.29, 0.717) is 11.9 Å². The molecule has 5 heteroatoms. The second-order valence-electron chi connectivity index (χ2n) is 4.56. The number of aromatic nitrogens is 2. The van der Waals surface area contributed by atoms with Gasteiger partial charge in [-0.05, 0) is 12.0 Å². The molecule has 0 bridgehead atoms. The lowest BCUT2D eigenvalue weighted by atomic mass is 10.1. The van der Waals surface area contributed by atoms with Crippen LogP contribution in [0.25, 0.3) is 0 Å². The van der Waals surface area contributed by atoms with Crippen LogP contribution in [0.15, 0.2) is 34.7 Å². The van der Waals surface area contributed by atoms with Crippen LogP contribution in [0.3, 0.4) is 0 Å². The largest absolute Gasteiger partial charge is 0.408 e. The van der Waals surface area contributed by atoms with Crippen molar-refractivity contribution >= 4 is 6.01 Å². The molecule has 19 heavy (non-hydrogen) atoms. The van der Waals surface area contributed by atoms with E-state index in [2.05, 4.69) is 27.2 Å². The van der Waals surface area contributed by atoms with Crippen molar-refractivity contribution in [2.45, 2.75) is 12.8 Å². The minimum absolute atomic E-state index is 0.617. The zero-order valence-corrected chi connectivity index (χ0v) is 10.8. The van der Waals surface area contributed by atoms with E-state index >= 15 is 0 Å². The Bertz CT molecular complexity index is 506. The summed E-state index contributed by atoms with van der Waals surface area (Å²) >= 11 is 0. The van der Waals surface area contributed by atoms with Gasteiger partial charge in [-0.25, -0.2) is 0 Å². The van der Waals surface area contributed by atoms with Gasteiger partial charge in [0.05, 0.1) is 13.2 Å². The number of morpholine rings is 1. The third-order valence-corrected chi connectivity index (χ3v) is 3.21. The van der Waals surface area contributed by atoms with Gasteiger partial charge in [0.15, 0.2) is 0 Å². The van der Waals surface area contributed by atoms with Crippen LogP contribution in [0.2, 0.25) is 0 Å². The minimum atomic E-state index is 0.617. The second-order valence-corrected chi connectivity index (χ2v) is 4.56. The van der Waals surface area contributed by atoms with Crippen molar-refractivity contribution in [1.29, 1.82) is 0 Å². The molecule has 1 saturated heterocycles. The first kappa shape index (κ1) is 12.2. The zero-order valence-electron chi connectivity index (χ0n) is 10.8. The lowest BCUT2D eigenvalue weighted by Gasteiger charge is -2.24. The standard InChI is InChI=1S/C14H17N3O2/c1-2-4-12(5-3-1)6-7-13-15-16-14(19-13)17-8-10-18-11-9-17/h1-5H,6-11H2. The molecule has 0 amide bonds. The number of hydrogen-bond acceptors (Lipinski definition) is 5. The van der Waals surface area contributed by atoms with Crippen LogP contribution >= 0.6 is 0 Å². The topological polar surface area (TPSA) is 51.4 Å². The molecule has 5 nitrogen and oxygen atoms in total. The van der Waals surface area contributed by atoms with Crippen LogP contribution in [-0.4, -0.2) is 36.5 Å². The first-order valence-electron chi connectivity index (χ1n) is 6.61. The molecule has 1 aliphatic heterocycles. The van der Waals surface area contributed by atoms with Crippen molar-refractivity contribution in [3.05, 3.63) is 41.8 Å². The highest BCUT2D eigenvalue weighted by atomic mass is 16.5. The minimum Gasteiger partial charge on any atom is -0.408 e. The maximum atomic E-state index is 5.69. The van der Waals surface area contributed by atoms with E-state index < -0.39 is 0 Å². The van der Waals surface area contributed by atoms with Crippen LogP contribution in [0.4, 0.5) is 6.01 Å². The molecule has 0 radical (unpaired) electrons. The number of rotatable bonds is 4. The quantitative estimate of drug-likeness (QED) is 0.836. The number of benzene rings is 1. The summed E-state index contributed by atoms with van der Waals surface area (Å²) in [7, 11) is 0. The van der Waals surface area contributed by atoms with Gasteiger partial charge in [-0.15, -0.1) is 5.10 Å². The zero-order chi connectivity index (χ0) is 12.9. The number of aryl methyl sites for hydroxylation is 2. The van der Waals surface area contributed by atoms with Crippen molar-refractivity contribution < 1.29 is 9.15 Å². The van der Waals surface area contributed by atoms with E-state index in [1.165, 1.54) is 5.56 Å². The maximum Gasteiger partial charge on any atom is 0.318 e. The Labute approximate surface area is 112 Å². The van der Waals surface area contributed by atoms with E-state index in [1.54, 1.807) is 0 Å². The van der Waals surface area contributed by atoms with Gasteiger partial charge in [-0.1, -0.05) is 35.4 Å². The predicted octanol–water partition coefficient (Wildman–Crippen LogP) is 1.69. The molecule has 0 spiro atoms. The third kappa shape index (κ3) is 3.12. The van der Waals surface area contributed by atoms with Gasteiger partial charge in [-0.2, -0.15) is 0 Å². The first-order chi connectivity index (χ1) is 9.42. The van der Waals surface area contributed by atoms with E-state index in [1.807, 2.05) is 18.2 Å². The van der Waals surface area contributed by atoms with E-state index in [-0.39, 0.29) is 0 Å². The van der Waals surface area contributed by atoms with Gasteiger partial charge in [0.25, 0.3) is 0 Å². The predicted molar refractivity (Wildman–Crippen MR) is 71.2 cm³/mol. The highest BCUT2D eigenvalue weighted by Crippen LogP contribution is 2.15. The molecule has 2 aromatic rings. The summed E-state index contributed by atoms with van der Waals surface area (Å²) in [6.45, 7) is 3.09. The maximum absolute atomic E-state index is 5.69. The number of hydrogen-bond donors (Lipinski definition) is 0. The Morgan fingerprint density at radius 1 is 1.00 bits per heavy atom. The number of anilines is 1. The summed E-state index contributed by atoms with van der Waals surface area (Å²) in [4.78, 5) is 2.07. The molecule has 1 aromatic heterocycles. The Morgan fingerprint density at radius 3 is 2.58 bits per heavy atom. The summed E-state index contributed by atoms with van der Waals surface area (Å²) in [5.41, 5.74) is 1.29. The molecule has 1 fully saturated rings. The average molecular weight is 259 g/mol. The molecule has 0 atom stereocenters. The molecule has 100 valence electrons. The monoisotopic (exact) mass is 259 g/mol. The second kappa shape index (κ2) is 5.84. The van der Waals surface area contributed by atoms with Crippen molar-refractivity contribution in [2.75, 3.05) is 31.2 Å². The van der Waals surface area contributed by atoms with Crippen LogP contribution in [0.1, 0.15) is 11.5 Å². The number of ether oxygens (including phenoxy) is 1. The highest BCUT2D eigenvalue weighted by molar-refractivity contribution is 5.24. The highest BCUT2D eigenvalue weighted by Gasteiger charge is 2.17. The summed E-state index contributed by atoms with van der Waals surface area (Å²) in [5, 5.41) is 8.21. The lowest BCUT2D eigenvalue weighted by Crippen LogP contribution is -2.36. The molecule has 0 unspecified atom stereocenters. The fourth-order valence-electron chi connectivity index (χ4n) is 2.12. The van der Waals surface area contributed by atoms with Gasteiger partial charge in [-0.3, -0.25) is 0 Å². The summed E-state index contributed by atoms with van der Waals surface area (Å²) < 4.78 is 11.0. The summed E-state index contributed by atoms with van der Waals surface area (Å²) in [5.74, 6) is 0.699. The molecule has 1 aromatic carbocycles. The van der Waals surface area contributed by atoms with Gasteiger partial charge in [0.2, 0.25) is 5.89 Å². The number of nitrogens with zero attached hydrogens (tertiary/aromatic N) is 3. The fraction of sp³-hybridized carbons (Fsp3) is 0.429. The van der Waals surface area contributed by atoms with Gasteiger partial charge in [0.1, 0.15) is 0 Å².